The average molecular weight is 343 g/mol. The Kier molecular flexibility index (Phi) is 4.64. The smallest absolute Gasteiger partial charge is 0.224 e. The second kappa shape index (κ2) is 6.15. The standard InChI is InChI=1S/C14H14FNO4S2/c1-21(17,18)13-4-2-3-5-14(13)22(19,20)16-10-11-6-8-12(15)9-7-11/h2-9,16H,10H2,1H3. The van der Waals surface area contributed by atoms with E-state index in [1.807, 2.05) is 0 Å². The molecule has 0 spiro atoms. The van der Waals surface area contributed by atoms with E-state index in [1.54, 1.807) is 0 Å². The quantitative estimate of drug-likeness (QED) is 0.896. The van der Waals surface area contributed by atoms with Crippen molar-refractivity contribution in [2.45, 2.75) is 16.3 Å². The van der Waals surface area contributed by atoms with Gasteiger partial charge < -0.3 is 0 Å². The molecule has 0 atom stereocenters. The summed E-state index contributed by atoms with van der Waals surface area (Å²) < 4.78 is 63.1. The van der Waals surface area contributed by atoms with Gasteiger partial charge in [-0.15, -0.1) is 0 Å². The molecule has 2 aromatic rings. The molecule has 0 amide bonds. The first-order valence-corrected chi connectivity index (χ1v) is 9.61. The molecule has 0 aliphatic rings. The Bertz CT molecular complexity index is 875. The zero-order valence-electron chi connectivity index (χ0n) is 11.7. The molecule has 1 N–H and O–H groups in total. The lowest BCUT2D eigenvalue weighted by Gasteiger charge is -2.10. The second-order valence-corrected chi connectivity index (χ2v) is 8.39. The summed E-state index contributed by atoms with van der Waals surface area (Å²) in [6, 6.07) is 10.7. The maximum Gasteiger partial charge on any atom is 0.242 e. The monoisotopic (exact) mass is 343 g/mol. The summed E-state index contributed by atoms with van der Waals surface area (Å²) in [6.45, 7) is -0.0687. The number of halogens is 1. The van der Waals surface area contributed by atoms with Crippen LogP contribution in [-0.2, 0) is 26.4 Å². The first kappa shape index (κ1) is 16.6. The summed E-state index contributed by atoms with van der Waals surface area (Å²) in [5, 5.41) is 0. The van der Waals surface area contributed by atoms with Gasteiger partial charge in [-0.2, -0.15) is 0 Å². The van der Waals surface area contributed by atoms with E-state index in [0.29, 0.717) is 5.56 Å². The Labute approximate surface area is 128 Å². The van der Waals surface area contributed by atoms with Crippen LogP contribution in [0, 0.1) is 5.82 Å². The van der Waals surface area contributed by atoms with E-state index in [1.165, 1.54) is 48.5 Å². The number of sulfonamides is 1. The number of nitrogens with one attached hydrogen (secondary N) is 1. The van der Waals surface area contributed by atoms with Gasteiger partial charge in [0.25, 0.3) is 0 Å². The molecule has 2 rings (SSSR count). The van der Waals surface area contributed by atoms with E-state index in [2.05, 4.69) is 4.72 Å². The molecule has 0 unspecified atom stereocenters. The van der Waals surface area contributed by atoms with Crippen LogP contribution in [0.1, 0.15) is 5.56 Å². The molecule has 8 heteroatoms. The molecule has 0 saturated carbocycles. The minimum Gasteiger partial charge on any atom is -0.224 e. The van der Waals surface area contributed by atoms with Gasteiger partial charge >= 0.3 is 0 Å². The van der Waals surface area contributed by atoms with Gasteiger partial charge in [0.15, 0.2) is 9.84 Å². The van der Waals surface area contributed by atoms with Gasteiger partial charge in [0, 0.05) is 12.8 Å². The minimum absolute atomic E-state index is 0.0687. The molecule has 0 aromatic heterocycles. The van der Waals surface area contributed by atoms with Gasteiger partial charge in [0.05, 0.1) is 4.90 Å². The molecule has 2 aromatic carbocycles. The highest BCUT2D eigenvalue weighted by atomic mass is 32.2. The zero-order valence-corrected chi connectivity index (χ0v) is 13.3. The summed E-state index contributed by atoms with van der Waals surface area (Å²) >= 11 is 0. The van der Waals surface area contributed by atoms with E-state index in [9.17, 15) is 21.2 Å². The van der Waals surface area contributed by atoms with Gasteiger partial charge in [-0.25, -0.2) is 25.9 Å². The topological polar surface area (TPSA) is 80.3 Å². The van der Waals surface area contributed by atoms with Crippen LogP contribution in [0.2, 0.25) is 0 Å². The SMILES string of the molecule is CS(=O)(=O)c1ccccc1S(=O)(=O)NCc1ccc(F)cc1. The largest absolute Gasteiger partial charge is 0.242 e. The summed E-state index contributed by atoms with van der Waals surface area (Å²) in [4.78, 5) is -0.568. The van der Waals surface area contributed by atoms with Crippen LogP contribution >= 0.6 is 0 Å². The Morgan fingerprint density at radius 2 is 1.45 bits per heavy atom. The Morgan fingerprint density at radius 3 is 2.00 bits per heavy atom. The molecule has 0 heterocycles. The van der Waals surface area contributed by atoms with Crippen molar-refractivity contribution in [3.05, 3.63) is 59.9 Å². The molecule has 22 heavy (non-hydrogen) atoms. The number of hydrogen-bond donors (Lipinski definition) is 1. The van der Waals surface area contributed by atoms with Gasteiger partial charge in [0.1, 0.15) is 10.7 Å². The maximum absolute atomic E-state index is 12.8. The van der Waals surface area contributed by atoms with Crippen molar-refractivity contribution in [3.8, 4) is 0 Å². The van der Waals surface area contributed by atoms with Gasteiger partial charge in [0.2, 0.25) is 10.0 Å². The first-order chi connectivity index (χ1) is 10.2. The molecule has 0 aliphatic carbocycles. The van der Waals surface area contributed by atoms with Gasteiger partial charge in [-0.05, 0) is 29.8 Å². The van der Waals surface area contributed by atoms with E-state index in [-0.39, 0.29) is 16.3 Å². The first-order valence-electron chi connectivity index (χ1n) is 6.23. The van der Waals surface area contributed by atoms with Crippen LogP contribution in [0.4, 0.5) is 4.39 Å². The van der Waals surface area contributed by atoms with Gasteiger partial charge in [-0.1, -0.05) is 24.3 Å². The Hall–Kier alpha value is -1.77. The lowest BCUT2D eigenvalue weighted by atomic mass is 10.2. The number of rotatable bonds is 5. The van der Waals surface area contributed by atoms with Crippen LogP contribution in [0.5, 0.6) is 0 Å². The third-order valence-electron chi connectivity index (χ3n) is 2.92. The zero-order chi connectivity index (χ0) is 16.4. The lowest BCUT2D eigenvalue weighted by molar-refractivity contribution is 0.574. The molecule has 118 valence electrons. The predicted octanol–water partition coefficient (Wildman–Crippen LogP) is 1.71. The van der Waals surface area contributed by atoms with Crippen LogP contribution in [0.3, 0.4) is 0 Å². The number of hydrogen-bond acceptors (Lipinski definition) is 4. The Balaban J connectivity index is 2.30. The number of sulfone groups is 1. The minimum atomic E-state index is -4.01. The van der Waals surface area contributed by atoms with Gasteiger partial charge in [-0.3, -0.25) is 0 Å². The molecule has 0 fully saturated rings. The van der Waals surface area contributed by atoms with E-state index in [0.717, 1.165) is 6.26 Å². The highest BCUT2D eigenvalue weighted by molar-refractivity contribution is 7.93. The van der Waals surface area contributed by atoms with Crippen molar-refractivity contribution in [1.29, 1.82) is 0 Å². The van der Waals surface area contributed by atoms with Crippen molar-refractivity contribution in [2.24, 2.45) is 0 Å². The molecule has 0 saturated heterocycles. The molecular weight excluding hydrogens is 329 g/mol. The normalized spacial score (nSPS) is 12.3. The fourth-order valence-electron chi connectivity index (χ4n) is 1.84. The van der Waals surface area contributed by atoms with Crippen molar-refractivity contribution >= 4 is 19.9 Å². The Morgan fingerprint density at radius 1 is 0.909 bits per heavy atom. The van der Waals surface area contributed by atoms with E-state index >= 15 is 0 Å². The highest BCUT2D eigenvalue weighted by Gasteiger charge is 2.23. The fraction of sp³-hybridized carbons (Fsp3) is 0.143. The van der Waals surface area contributed by atoms with E-state index < -0.39 is 25.7 Å². The lowest BCUT2D eigenvalue weighted by Crippen LogP contribution is -2.25. The summed E-state index contributed by atoms with van der Waals surface area (Å²) in [5.41, 5.74) is 0.557. The molecule has 0 radical (unpaired) electrons. The maximum atomic E-state index is 12.8. The fourth-order valence-corrected chi connectivity index (χ4v) is 4.48. The second-order valence-electron chi connectivity index (χ2n) is 4.67. The summed E-state index contributed by atoms with van der Waals surface area (Å²) in [6.07, 6.45) is 0.946. The van der Waals surface area contributed by atoms with Crippen LogP contribution in [0.15, 0.2) is 58.3 Å². The molecule has 0 bridgehead atoms. The highest BCUT2D eigenvalue weighted by Crippen LogP contribution is 2.20. The van der Waals surface area contributed by atoms with Crippen molar-refractivity contribution < 1.29 is 21.2 Å². The van der Waals surface area contributed by atoms with E-state index in [4.69, 9.17) is 0 Å². The van der Waals surface area contributed by atoms with Crippen molar-refractivity contribution in [3.63, 3.8) is 0 Å². The van der Waals surface area contributed by atoms with Crippen LogP contribution in [-0.4, -0.2) is 23.1 Å². The number of benzene rings is 2. The van der Waals surface area contributed by atoms with Crippen LogP contribution in [0.25, 0.3) is 0 Å². The predicted molar refractivity (Wildman–Crippen MR) is 80.0 cm³/mol. The third kappa shape index (κ3) is 3.90. The summed E-state index contributed by atoms with van der Waals surface area (Å²) in [5.74, 6) is -0.422. The van der Waals surface area contributed by atoms with Crippen molar-refractivity contribution in [1.82, 2.24) is 4.72 Å². The molecule has 0 aliphatic heterocycles. The third-order valence-corrected chi connectivity index (χ3v) is 5.66. The molecule has 5 nitrogen and oxygen atoms in total. The summed E-state index contributed by atoms with van der Waals surface area (Å²) in [7, 11) is -7.68. The van der Waals surface area contributed by atoms with Crippen LogP contribution < -0.4 is 4.72 Å². The molecular formula is C14H14FNO4S2. The van der Waals surface area contributed by atoms with Crippen molar-refractivity contribution in [2.75, 3.05) is 6.26 Å². The average Bonchev–Trinajstić information content (AvgIpc) is 2.46.